The van der Waals surface area contributed by atoms with Gasteiger partial charge in [0, 0.05) is 5.92 Å². The average Bonchev–Trinajstić information content (AvgIpc) is 3.58. The Hall–Kier alpha value is -4.08. The molecule has 15 heteroatoms. The largest absolute Gasteiger partial charge is 0.467 e. The number of carbonyl (C=O) groups excluding carboxylic acids is 6. The van der Waals surface area contributed by atoms with E-state index in [0.29, 0.717) is 19.3 Å². The Morgan fingerprint density at radius 1 is 0.780 bits per heavy atom. The number of aliphatic hydroxyl groups excluding tert-OH is 2. The standard InChI is InChI=1S/C35H56N6O9/c1-18(2)27(34(48)41-28(19(3)4)35(49)50-7)40-32(46)24-15-11-14-23(24)29(43)26(16-22-12-9-8-10-13-22)39-31(45)21(6)37-30(44)20(5)38-33(47)25(36)17-42/h8-10,12-13,18-21,23-29,42-43H,11,14-17,36H2,1-7H3,(H,37,44)(H,38,47)(H,39,45)(H,40,46)(H,41,48)/t20-,21-,23?,24-,25-,26?,27-,28?,29?/m0/s1. The molecule has 0 aliphatic heterocycles. The third kappa shape index (κ3) is 12.1. The Bertz CT molecular complexity index is 1310. The average molecular weight is 705 g/mol. The second kappa shape index (κ2) is 19.9. The maximum absolute atomic E-state index is 13.7. The molecule has 0 spiro atoms. The lowest BCUT2D eigenvalue weighted by atomic mass is 9.84. The fourth-order valence-electron chi connectivity index (χ4n) is 5.99. The molecule has 1 fully saturated rings. The summed E-state index contributed by atoms with van der Waals surface area (Å²) in [6, 6.07) is 3.18. The van der Waals surface area contributed by atoms with Gasteiger partial charge in [0.05, 0.1) is 25.9 Å². The van der Waals surface area contributed by atoms with Gasteiger partial charge in [-0.05, 0) is 56.4 Å². The van der Waals surface area contributed by atoms with Gasteiger partial charge in [0.25, 0.3) is 0 Å². The van der Waals surface area contributed by atoms with Gasteiger partial charge < -0.3 is 47.3 Å². The van der Waals surface area contributed by atoms with E-state index in [1.807, 2.05) is 30.3 Å². The van der Waals surface area contributed by atoms with Crippen LogP contribution >= 0.6 is 0 Å². The van der Waals surface area contributed by atoms with Crippen LogP contribution in [0.5, 0.6) is 0 Å². The third-order valence-corrected chi connectivity index (χ3v) is 9.09. The second-order valence-corrected chi connectivity index (χ2v) is 13.7. The maximum atomic E-state index is 13.7. The van der Waals surface area contributed by atoms with Crippen LogP contribution in [-0.4, -0.2) is 102 Å². The highest BCUT2D eigenvalue weighted by Gasteiger charge is 2.42. The van der Waals surface area contributed by atoms with Crippen molar-refractivity contribution in [3.8, 4) is 0 Å². The molecule has 0 heterocycles. The van der Waals surface area contributed by atoms with Crippen LogP contribution in [0.15, 0.2) is 30.3 Å². The first-order valence-electron chi connectivity index (χ1n) is 17.2. The summed E-state index contributed by atoms with van der Waals surface area (Å²) in [5.74, 6) is -5.31. The first-order valence-corrected chi connectivity index (χ1v) is 17.2. The first kappa shape index (κ1) is 42.1. The molecule has 0 bridgehead atoms. The number of aliphatic hydroxyl groups is 2. The number of amides is 5. The molecule has 0 aromatic heterocycles. The first-order chi connectivity index (χ1) is 23.5. The highest BCUT2D eigenvalue weighted by Crippen LogP contribution is 2.36. The molecule has 1 saturated carbocycles. The molecular formula is C35H56N6O9. The highest BCUT2D eigenvalue weighted by molar-refractivity contribution is 5.93. The van der Waals surface area contributed by atoms with Gasteiger partial charge in [0.15, 0.2) is 0 Å². The number of nitrogens with two attached hydrogens (primary N) is 1. The van der Waals surface area contributed by atoms with Gasteiger partial charge in [-0.25, -0.2) is 4.79 Å². The molecule has 5 amide bonds. The Morgan fingerprint density at radius 3 is 1.88 bits per heavy atom. The Labute approximate surface area is 294 Å². The quantitative estimate of drug-likeness (QED) is 0.0892. The van der Waals surface area contributed by atoms with E-state index in [1.54, 1.807) is 27.7 Å². The van der Waals surface area contributed by atoms with Crippen LogP contribution in [0, 0.1) is 23.7 Å². The van der Waals surface area contributed by atoms with Crippen LogP contribution < -0.4 is 32.3 Å². The smallest absolute Gasteiger partial charge is 0.328 e. The van der Waals surface area contributed by atoms with E-state index < -0.39 is 96.3 Å². The van der Waals surface area contributed by atoms with Crippen molar-refractivity contribution in [3.05, 3.63) is 35.9 Å². The van der Waals surface area contributed by atoms with E-state index in [2.05, 4.69) is 26.6 Å². The van der Waals surface area contributed by atoms with Gasteiger partial charge in [-0.3, -0.25) is 24.0 Å². The van der Waals surface area contributed by atoms with Gasteiger partial charge >= 0.3 is 5.97 Å². The van der Waals surface area contributed by atoms with Crippen molar-refractivity contribution < 1.29 is 43.7 Å². The van der Waals surface area contributed by atoms with E-state index in [9.17, 15) is 33.9 Å². The molecule has 0 radical (unpaired) electrons. The van der Waals surface area contributed by atoms with E-state index in [0.717, 1.165) is 5.56 Å². The number of hydrogen-bond acceptors (Lipinski definition) is 10. The fraction of sp³-hybridized carbons (Fsp3) is 0.657. The van der Waals surface area contributed by atoms with E-state index in [-0.39, 0.29) is 18.3 Å². The number of hydrogen-bond donors (Lipinski definition) is 8. The number of ether oxygens (including phenoxy) is 1. The molecule has 9 atom stereocenters. The molecule has 1 aliphatic carbocycles. The number of rotatable bonds is 18. The summed E-state index contributed by atoms with van der Waals surface area (Å²) in [4.78, 5) is 77.4. The number of carbonyl (C=O) groups is 6. The summed E-state index contributed by atoms with van der Waals surface area (Å²) in [5, 5.41) is 34.2. The van der Waals surface area contributed by atoms with Crippen molar-refractivity contribution >= 4 is 35.5 Å². The summed E-state index contributed by atoms with van der Waals surface area (Å²) in [6.07, 6.45) is 0.647. The maximum Gasteiger partial charge on any atom is 0.328 e. The number of nitrogens with one attached hydrogen (secondary N) is 5. The molecule has 9 N–H and O–H groups in total. The molecular weight excluding hydrogens is 648 g/mol. The van der Waals surface area contributed by atoms with Crippen molar-refractivity contribution in [1.82, 2.24) is 26.6 Å². The van der Waals surface area contributed by atoms with Crippen molar-refractivity contribution in [1.29, 1.82) is 0 Å². The van der Waals surface area contributed by atoms with E-state index in [4.69, 9.17) is 15.6 Å². The minimum absolute atomic E-state index is 0.228. The van der Waals surface area contributed by atoms with E-state index >= 15 is 0 Å². The Morgan fingerprint density at radius 2 is 1.34 bits per heavy atom. The van der Waals surface area contributed by atoms with Crippen LogP contribution in [0.4, 0.5) is 0 Å². The van der Waals surface area contributed by atoms with Crippen LogP contribution in [0.3, 0.4) is 0 Å². The normalized spacial score (nSPS) is 20.0. The molecule has 1 aromatic carbocycles. The Balaban J connectivity index is 2.21. The van der Waals surface area contributed by atoms with Crippen LogP contribution in [0.2, 0.25) is 0 Å². The van der Waals surface area contributed by atoms with Crippen molar-refractivity contribution in [2.24, 2.45) is 29.4 Å². The summed E-state index contributed by atoms with van der Waals surface area (Å²) in [6.45, 7) is 9.36. The lowest BCUT2D eigenvalue weighted by molar-refractivity contribution is -0.147. The zero-order chi connectivity index (χ0) is 37.7. The fourth-order valence-corrected chi connectivity index (χ4v) is 5.99. The van der Waals surface area contributed by atoms with Gasteiger partial charge in [-0.2, -0.15) is 0 Å². The van der Waals surface area contributed by atoms with Crippen molar-refractivity contribution in [2.75, 3.05) is 13.7 Å². The van der Waals surface area contributed by atoms with Crippen LogP contribution in [0.25, 0.3) is 0 Å². The minimum atomic E-state index is -1.20. The predicted octanol–water partition coefficient (Wildman–Crippen LogP) is -0.725. The second-order valence-electron chi connectivity index (χ2n) is 13.7. The summed E-state index contributed by atoms with van der Waals surface area (Å²) in [5.41, 5.74) is 6.32. The predicted molar refractivity (Wildman–Crippen MR) is 185 cm³/mol. The molecule has 15 nitrogen and oxygen atoms in total. The Kier molecular flexibility index (Phi) is 16.8. The number of esters is 1. The summed E-state index contributed by atoms with van der Waals surface area (Å²) >= 11 is 0. The lowest BCUT2D eigenvalue weighted by Gasteiger charge is -2.33. The monoisotopic (exact) mass is 704 g/mol. The third-order valence-electron chi connectivity index (χ3n) is 9.09. The number of methoxy groups -OCH3 is 1. The number of benzene rings is 1. The van der Waals surface area contributed by atoms with Gasteiger partial charge in [-0.15, -0.1) is 0 Å². The molecule has 280 valence electrons. The van der Waals surface area contributed by atoms with Gasteiger partial charge in [0.2, 0.25) is 29.5 Å². The topological polar surface area (TPSA) is 238 Å². The molecule has 0 saturated heterocycles. The SMILES string of the molecule is COC(=O)C(NC(=O)[C@@H](NC(=O)[C@H]1CCCC1C(O)C(Cc1ccccc1)NC(=O)[C@H](C)NC(=O)[C@H](C)NC(=O)[C@@H](N)CO)C(C)C)C(C)C. The molecule has 1 aromatic rings. The molecule has 2 rings (SSSR count). The van der Waals surface area contributed by atoms with Crippen LogP contribution in [0.1, 0.15) is 66.4 Å². The summed E-state index contributed by atoms with van der Waals surface area (Å²) in [7, 11) is 1.24. The zero-order valence-corrected chi connectivity index (χ0v) is 30.1. The highest BCUT2D eigenvalue weighted by atomic mass is 16.5. The van der Waals surface area contributed by atoms with Crippen molar-refractivity contribution in [2.45, 2.75) is 110 Å². The molecule has 1 aliphatic rings. The van der Waals surface area contributed by atoms with Crippen LogP contribution in [-0.2, 0) is 39.9 Å². The molecule has 50 heavy (non-hydrogen) atoms. The lowest BCUT2D eigenvalue weighted by Crippen LogP contribution is -2.58. The van der Waals surface area contributed by atoms with Gasteiger partial charge in [0.1, 0.15) is 30.2 Å². The van der Waals surface area contributed by atoms with E-state index in [1.165, 1.54) is 21.0 Å². The zero-order valence-electron chi connectivity index (χ0n) is 30.1. The summed E-state index contributed by atoms with van der Waals surface area (Å²) < 4.78 is 4.83. The molecule has 4 unspecified atom stereocenters. The van der Waals surface area contributed by atoms with Crippen molar-refractivity contribution in [3.63, 3.8) is 0 Å². The van der Waals surface area contributed by atoms with Gasteiger partial charge in [-0.1, -0.05) is 64.4 Å². The minimum Gasteiger partial charge on any atom is -0.467 e.